The van der Waals surface area contributed by atoms with Crippen LogP contribution in [0.5, 0.6) is 0 Å². The van der Waals surface area contributed by atoms with E-state index in [-0.39, 0.29) is 6.54 Å². The Morgan fingerprint density at radius 3 is 2.40 bits per heavy atom. The molecule has 20 heavy (non-hydrogen) atoms. The number of amides is 1. The SMILES string of the molecule is O=C(NCc1ccc(F)c(F)c1)c1cccc(F)c1F. The average molecular weight is 283 g/mol. The van der Waals surface area contributed by atoms with Crippen LogP contribution in [-0.4, -0.2) is 5.91 Å². The zero-order chi connectivity index (χ0) is 14.7. The van der Waals surface area contributed by atoms with Gasteiger partial charge in [0.05, 0.1) is 5.56 Å². The minimum atomic E-state index is -1.25. The smallest absolute Gasteiger partial charge is 0.254 e. The van der Waals surface area contributed by atoms with Gasteiger partial charge in [-0.25, -0.2) is 17.6 Å². The van der Waals surface area contributed by atoms with Gasteiger partial charge >= 0.3 is 0 Å². The lowest BCUT2D eigenvalue weighted by atomic mass is 10.1. The van der Waals surface area contributed by atoms with Crippen LogP contribution in [0, 0.1) is 23.3 Å². The molecule has 2 nitrogen and oxygen atoms in total. The van der Waals surface area contributed by atoms with Crippen LogP contribution >= 0.6 is 0 Å². The number of rotatable bonds is 3. The van der Waals surface area contributed by atoms with Crippen LogP contribution in [0.3, 0.4) is 0 Å². The summed E-state index contributed by atoms with van der Waals surface area (Å²) < 4.78 is 52.0. The van der Waals surface area contributed by atoms with Gasteiger partial charge in [0.15, 0.2) is 23.3 Å². The first-order chi connectivity index (χ1) is 9.49. The van der Waals surface area contributed by atoms with E-state index in [2.05, 4.69) is 5.32 Å². The highest BCUT2D eigenvalue weighted by Gasteiger charge is 2.14. The Hall–Kier alpha value is -2.37. The minimum Gasteiger partial charge on any atom is -0.348 e. The largest absolute Gasteiger partial charge is 0.348 e. The summed E-state index contributed by atoms with van der Waals surface area (Å²) in [6, 6.07) is 6.32. The summed E-state index contributed by atoms with van der Waals surface area (Å²) in [7, 11) is 0. The number of nitrogens with one attached hydrogen (secondary N) is 1. The summed E-state index contributed by atoms with van der Waals surface area (Å²) in [6.45, 7) is -0.133. The molecule has 0 aliphatic carbocycles. The Labute approximate surface area is 112 Å². The fraction of sp³-hybridized carbons (Fsp3) is 0.0714. The monoisotopic (exact) mass is 283 g/mol. The first kappa shape index (κ1) is 14.0. The van der Waals surface area contributed by atoms with Crippen molar-refractivity contribution in [3.63, 3.8) is 0 Å². The van der Waals surface area contributed by atoms with E-state index in [1.807, 2.05) is 0 Å². The molecule has 0 heterocycles. The molecule has 2 aromatic carbocycles. The van der Waals surface area contributed by atoms with Crippen molar-refractivity contribution in [3.8, 4) is 0 Å². The molecule has 0 aromatic heterocycles. The van der Waals surface area contributed by atoms with Gasteiger partial charge in [-0.1, -0.05) is 12.1 Å². The molecule has 0 saturated carbocycles. The highest BCUT2D eigenvalue weighted by Crippen LogP contribution is 2.12. The van der Waals surface area contributed by atoms with Gasteiger partial charge in [-0.15, -0.1) is 0 Å². The summed E-state index contributed by atoms with van der Waals surface area (Å²) in [5, 5.41) is 2.30. The van der Waals surface area contributed by atoms with Crippen LogP contribution in [-0.2, 0) is 6.54 Å². The Morgan fingerprint density at radius 2 is 1.70 bits per heavy atom. The van der Waals surface area contributed by atoms with E-state index in [9.17, 15) is 22.4 Å². The van der Waals surface area contributed by atoms with Crippen LogP contribution in [0.15, 0.2) is 36.4 Å². The highest BCUT2D eigenvalue weighted by molar-refractivity contribution is 5.94. The highest BCUT2D eigenvalue weighted by atomic mass is 19.2. The van der Waals surface area contributed by atoms with E-state index in [0.717, 1.165) is 24.3 Å². The quantitative estimate of drug-likeness (QED) is 0.861. The lowest BCUT2D eigenvalue weighted by Crippen LogP contribution is -2.24. The fourth-order valence-electron chi connectivity index (χ4n) is 1.61. The zero-order valence-corrected chi connectivity index (χ0v) is 10.1. The van der Waals surface area contributed by atoms with Gasteiger partial charge in [0.2, 0.25) is 0 Å². The van der Waals surface area contributed by atoms with E-state index in [1.54, 1.807) is 0 Å². The number of hydrogen-bond acceptors (Lipinski definition) is 1. The molecule has 6 heteroatoms. The third-order valence-corrected chi connectivity index (χ3v) is 2.63. The average Bonchev–Trinajstić information content (AvgIpc) is 2.43. The van der Waals surface area contributed by atoms with E-state index >= 15 is 0 Å². The van der Waals surface area contributed by atoms with Crippen molar-refractivity contribution >= 4 is 5.91 Å². The van der Waals surface area contributed by atoms with Crippen molar-refractivity contribution in [2.24, 2.45) is 0 Å². The second kappa shape index (κ2) is 5.73. The molecule has 1 N–H and O–H groups in total. The molecule has 2 rings (SSSR count). The molecule has 0 radical (unpaired) electrons. The van der Waals surface area contributed by atoms with Crippen molar-refractivity contribution in [2.75, 3.05) is 0 Å². The molecular weight excluding hydrogens is 274 g/mol. The molecule has 0 unspecified atom stereocenters. The molecule has 1 amide bonds. The number of carbonyl (C=O) groups excluding carboxylic acids is 1. The van der Waals surface area contributed by atoms with Crippen LogP contribution in [0.1, 0.15) is 15.9 Å². The molecule has 0 spiro atoms. The normalized spacial score (nSPS) is 10.4. The lowest BCUT2D eigenvalue weighted by molar-refractivity contribution is 0.0945. The van der Waals surface area contributed by atoms with Crippen molar-refractivity contribution < 1.29 is 22.4 Å². The van der Waals surface area contributed by atoms with Crippen LogP contribution < -0.4 is 5.32 Å². The van der Waals surface area contributed by atoms with Gasteiger partial charge in [-0.3, -0.25) is 4.79 Å². The molecule has 0 bridgehead atoms. The van der Waals surface area contributed by atoms with E-state index in [0.29, 0.717) is 5.56 Å². The zero-order valence-electron chi connectivity index (χ0n) is 10.1. The van der Waals surface area contributed by atoms with Crippen LogP contribution in [0.2, 0.25) is 0 Å². The van der Waals surface area contributed by atoms with Gasteiger partial charge in [0, 0.05) is 6.54 Å². The predicted molar refractivity (Wildman–Crippen MR) is 63.9 cm³/mol. The number of halogens is 4. The van der Waals surface area contributed by atoms with Crippen LogP contribution in [0.25, 0.3) is 0 Å². The molecule has 0 saturated heterocycles. The molecule has 0 fully saturated rings. The first-order valence-electron chi connectivity index (χ1n) is 5.65. The number of benzene rings is 2. The Morgan fingerprint density at radius 1 is 0.950 bits per heavy atom. The topological polar surface area (TPSA) is 29.1 Å². The molecule has 2 aromatic rings. The van der Waals surface area contributed by atoms with Gasteiger partial charge in [-0.05, 0) is 29.8 Å². The minimum absolute atomic E-state index is 0.133. The second-order valence-electron chi connectivity index (χ2n) is 4.03. The van der Waals surface area contributed by atoms with Gasteiger partial charge in [0.25, 0.3) is 5.91 Å². The summed E-state index contributed by atoms with van der Waals surface area (Å²) >= 11 is 0. The Kier molecular flexibility index (Phi) is 4.02. The van der Waals surface area contributed by atoms with Crippen molar-refractivity contribution in [3.05, 3.63) is 70.8 Å². The molecule has 104 valence electrons. The third kappa shape index (κ3) is 2.96. The van der Waals surface area contributed by atoms with Crippen molar-refractivity contribution in [1.82, 2.24) is 5.32 Å². The Bertz CT molecular complexity index is 658. The standard InChI is InChI=1S/C14H9F4NO/c15-10-5-4-8(6-12(10)17)7-19-14(20)9-2-1-3-11(16)13(9)18/h1-6H,7H2,(H,19,20). The Balaban J connectivity index is 2.08. The summed E-state index contributed by atoms with van der Waals surface area (Å²) in [6.07, 6.45) is 0. The van der Waals surface area contributed by atoms with E-state index in [4.69, 9.17) is 0 Å². The predicted octanol–water partition coefficient (Wildman–Crippen LogP) is 3.17. The first-order valence-corrected chi connectivity index (χ1v) is 5.65. The summed E-state index contributed by atoms with van der Waals surface area (Å²) in [5.41, 5.74) is -0.151. The van der Waals surface area contributed by atoms with Gasteiger partial charge in [-0.2, -0.15) is 0 Å². The summed E-state index contributed by atoms with van der Waals surface area (Å²) in [4.78, 5) is 11.7. The summed E-state index contributed by atoms with van der Waals surface area (Å²) in [5.74, 6) is -5.28. The fourth-order valence-corrected chi connectivity index (χ4v) is 1.61. The van der Waals surface area contributed by atoms with Crippen LogP contribution in [0.4, 0.5) is 17.6 Å². The van der Waals surface area contributed by atoms with Gasteiger partial charge < -0.3 is 5.32 Å². The lowest BCUT2D eigenvalue weighted by Gasteiger charge is -2.07. The molecule has 0 aliphatic rings. The number of hydrogen-bond donors (Lipinski definition) is 1. The third-order valence-electron chi connectivity index (χ3n) is 2.63. The van der Waals surface area contributed by atoms with Crippen molar-refractivity contribution in [2.45, 2.75) is 6.54 Å². The molecular formula is C14H9F4NO. The molecule has 0 atom stereocenters. The maximum atomic E-state index is 13.3. The second-order valence-corrected chi connectivity index (χ2v) is 4.03. The van der Waals surface area contributed by atoms with E-state index < -0.39 is 34.7 Å². The molecule has 0 aliphatic heterocycles. The maximum Gasteiger partial charge on any atom is 0.254 e. The van der Waals surface area contributed by atoms with Crippen molar-refractivity contribution in [1.29, 1.82) is 0 Å². The van der Waals surface area contributed by atoms with Gasteiger partial charge in [0.1, 0.15) is 0 Å². The number of carbonyl (C=O) groups is 1. The van der Waals surface area contributed by atoms with E-state index in [1.165, 1.54) is 12.1 Å². The maximum absolute atomic E-state index is 13.3.